The zero-order valence-electron chi connectivity index (χ0n) is 10.6. The largest absolute Gasteiger partial charge is 0.478 e. The Morgan fingerprint density at radius 1 is 1.45 bits per heavy atom. The van der Waals surface area contributed by atoms with Crippen molar-refractivity contribution < 1.29 is 19.1 Å². The van der Waals surface area contributed by atoms with Crippen LogP contribution < -0.4 is 5.32 Å². The van der Waals surface area contributed by atoms with Gasteiger partial charge in [-0.3, -0.25) is 4.79 Å². The molecule has 2 rings (SSSR count). The fourth-order valence-electron chi connectivity index (χ4n) is 1.71. The minimum atomic E-state index is -1.31. The molecule has 1 heterocycles. The molecule has 104 valence electrons. The number of imidazole rings is 1. The lowest BCUT2D eigenvalue weighted by Gasteiger charge is -2.08. The molecule has 0 saturated heterocycles. The van der Waals surface area contributed by atoms with Crippen molar-refractivity contribution in [3.05, 3.63) is 47.8 Å². The van der Waals surface area contributed by atoms with Crippen molar-refractivity contribution in [3.8, 4) is 0 Å². The first-order valence-electron chi connectivity index (χ1n) is 5.76. The third kappa shape index (κ3) is 3.00. The second-order valence-corrected chi connectivity index (χ2v) is 4.17. The minimum Gasteiger partial charge on any atom is -0.478 e. The van der Waals surface area contributed by atoms with Crippen LogP contribution in [0.25, 0.3) is 0 Å². The number of amides is 1. The van der Waals surface area contributed by atoms with Gasteiger partial charge >= 0.3 is 5.97 Å². The molecule has 0 atom stereocenters. The monoisotopic (exact) mass is 277 g/mol. The minimum absolute atomic E-state index is 0.0000640. The van der Waals surface area contributed by atoms with E-state index in [1.165, 1.54) is 6.07 Å². The fourth-order valence-corrected chi connectivity index (χ4v) is 1.71. The summed E-state index contributed by atoms with van der Waals surface area (Å²) >= 11 is 0. The highest BCUT2D eigenvalue weighted by atomic mass is 19.1. The highest BCUT2D eigenvalue weighted by Crippen LogP contribution is 2.17. The van der Waals surface area contributed by atoms with E-state index in [1.807, 2.05) is 0 Å². The Hall–Kier alpha value is -2.70. The summed E-state index contributed by atoms with van der Waals surface area (Å²) in [6, 6.07) is 3.16. The summed E-state index contributed by atoms with van der Waals surface area (Å²) in [5.41, 5.74) is -0.240. The van der Waals surface area contributed by atoms with Gasteiger partial charge in [0.05, 0.1) is 17.7 Å². The van der Waals surface area contributed by atoms with Crippen LogP contribution in [0, 0.1) is 5.82 Å². The Morgan fingerprint density at radius 3 is 2.80 bits per heavy atom. The van der Waals surface area contributed by atoms with Crippen LogP contribution in [0.2, 0.25) is 0 Å². The number of nitrogens with one attached hydrogen (secondary N) is 1. The lowest BCUT2D eigenvalue weighted by atomic mass is 10.1. The lowest BCUT2D eigenvalue weighted by molar-refractivity contribution is -0.115. The molecule has 0 fully saturated rings. The van der Waals surface area contributed by atoms with Crippen LogP contribution >= 0.6 is 0 Å². The van der Waals surface area contributed by atoms with Crippen molar-refractivity contribution in [1.82, 2.24) is 9.55 Å². The number of anilines is 1. The van der Waals surface area contributed by atoms with Gasteiger partial charge in [0.1, 0.15) is 11.6 Å². The third-order valence-electron chi connectivity index (χ3n) is 2.73. The maximum atomic E-state index is 13.0. The van der Waals surface area contributed by atoms with E-state index in [0.717, 1.165) is 12.1 Å². The summed E-state index contributed by atoms with van der Waals surface area (Å²) in [6.07, 6.45) is 3.26. The van der Waals surface area contributed by atoms with Crippen molar-refractivity contribution >= 4 is 17.6 Å². The smallest absolute Gasteiger partial charge is 0.337 e. The fraction of sp³-hybridized carbons (Fsp3) is 0.154. The predicted octanol–water partition coefficient (Wildman–Crippen LogP) is 1.44. The second kappa shape index (κ2) is 5.52. The van der Waals surface area contributed by atoms with E-state index in [-0.39, 0.29) is 17.7 Å². The molecular formula is C13H12FN3O3. The van der Waals surface area contributed by atoms with E-state index >= 15 is 0 Å². The van der Waals surface area contributed by atoms with Gasteiger partial charge in [-0.25, -0.2) is 14.2 Å². The topological polar surface area (TPSA) is 84.2 Å². The van der Waals surface area contributed by atoms with E-state index in [4.69, 9.17) is 5.11 Å². The van der Waals surface area contributed by atoms with Crippen molar-refractivity contribution in [2.24, 2.45) is 7.05 Å². The SMILES string of the molecule is Cn1ccnc1CC(=O)Nc1ccc(F)cc1C(=O)O. The van der Waals surface area contributed by atoms with Crippen LogP contribution in [-0.2, 0) is 18.3 Å². The molecule has 1 aromatic carbocycles. The van der Waals surface area contributed by atoms with Gasteiger partial charge in [0.25, 0.3) is 0 Å². The van der Waals surface area contributed by atoms with E-state index in [0.29, 0.717) is 5.82 Å². The first kappa shape index (κ1) is 13.7. The molecule has 0 aliphatic carbocycles. The van der Waals surface area contributed by atoms with Gasteiger partial charge < -0.3 is 15.0 Å². The zero-order chi connectivity index (χ0) is 14.7. The summed E-state index contributed by atoms with van der Waals surface area (Å²) in [5.74, 6) is -1.86. The number of halogens is 1. The average molecular weight is 277 g/mol. The van der Waals surface area contributed by atoms with Gasteiger partial charge in [-0.1, -0.05) is 0 Å². The number of carboxylic acids is 1. The number of rotatable bonds is 4. The van der Waals surface area contributed by atoms with Crippen LogP contribution in [-0.4, -0.2) is 26.5 Å². The maximum absolute atomic E-state index is 13.0. The molecule has 1 aromatic heterocycles. The molecule has 0 spiro atoms. The number of nitrogens with zero attached hydrogens (tertiary/aromatic N) is 2. The van der Waals surface area contributed by atoms with E-state index in [9.17, 15) is 14.0 Å². The highest BCUT2D eigenvalue weighted by molar-refractivity contribution is 6.00. The number of benzene rings is 1. The van der Waals surface area contributed by atoms with Crippen molar-refractivity contribution in [2.45, 2.75) is 6.42 Å². The van der Waals surface area contributed by atoms with Crippen LogP contribution in [0.5, 0.6) is 0 Å². The number of hydrogen-bond acceptors (Lipinski definition) is 3. The van der Waals surface area contributed by atoms with E-state index < -0.39 is 17.7 Å². The number of aromatic carboxylic acids is 1. The molecule has 0 unspecified atom stereocenters. The maximum Gasteiger partial charge on any atom is 0.337 e. The molecule has 2 aromatic rings. The number of aryl methyl sites for hydroxylation is 1. The van der Waals surface area contributed by atoms with Crippen LogP contribution in [0.3, 0.4) is 0 Å². The Balaban J connectivity index is 2.16. The van der Waals surface area contributed by atoms with Gasteiger partial charge in [0, 0.05) is 19.4 Å². The number of carboxylic acid groups (broad SMARTS) is 1. The third-order valence-corrected chi connectivity index (χ3v) is 2.73. The molecule has 6 nitrogen and oxygen atoms in total. The van der Waals surface area contributed by atoms with Crippen LogP contribution in [0.15, 0.2) is 30.6 Å². The molecule has 0 saturated carbocycles. The first-order valence-corrected chi connectivity index (χ1v) is 5.76. The quantitative estimate of drug-likeness (QED) is 0.885. The Kier molecular flexibility index (Phi) is 3.79. The van der Waals surface area contributed by atoms with Crippen LogP contribution in [0.1, 0.15) is 16.2 Å². The molecule has 0 aliphatic heterocycles. The summed E-state index contributed by atoms with van der Waals surface area (Å²) in [5, 5.41) is 11.4. The second-order valence-electron chi connectivity index (χ2n) is 4.17. The Bertz CT molecular complexity index is 667. The summed E-state index contributed by atoms with van der Waals surface area (Å²) < 4.78 is 14.7. The van der Waals surface area contributed by atoms with E-state index in [1.54, 1.807) is 24.0 Å². The predicted molar refractivity (Wildman–Crippen MR) is 68.9 cm³/mol. The summed E-state index contributed by atoms with van der Waals surface area (Å²) in [7, 11) is 1.75. The standard InChI is InChI=1S/C13H12FN3O3/c1-17-5-4-15-11(17)7-12(18)16-10-3-2-8(14)6-9(10)13(19)20/h2-6H,7H2,1H3,(H,16,18)(H,19,20). The normalized spacial score (nSPS) is 10.3. The molecule has 20 heavy (non-hydrogen) atoms. The zero-order valence-corrected chi connectivity index (χ0v) is 10.6. The van der Waals surface area contributed by atoms with Gasteiger partial charge in [-0.05, 0) is 18.2 Å². The molecule has 0 radical (unpaired) electrons. The highest BCUT2D eigenvalue weighted by Gasteiger charge is 2.14. The van der Waals surface area contributed by atoms with Crippen molar-refractivity contribution in [2.75, 3.05) is 5.32 Å². The van der Waals surface area contributed by atoms with Gasteiger partial charge in [-0.2, -0.15) is 0 Å². The van der Waals surface area contributed by atoms with Crippen LogP contribution in [0.4, 0.5) is 10.1 Å². The van der Waals surface area contributed by atoms with Gasteiger partial charge in [-0.15, -0.1) is 0 Å². The summed E-state index contributed by atoms with van der Waals surface area (Å²) in [4.78, 5) is 26.8. The number of carbonyl (C=O) groups is 2. The van der Waals surface area contributed by atoms with Gasteiger partial charge in [0.2, 0.25) is 5.91 Å². The average Bonchev–Trinajstić information content (AvgIpc) is 2.77. The van der Waals surface area contributed by atoms with Gasteiger partial charge in [0.15, 0.2) is 0 Å². The Labute approximate surface area is 113 Å². The molecule has 0 aliphatic rings. The summed E-state index contributed by atoms with van der Waals surface area (Å²) in [6.45, 7) is 0. The van der Waals surface area contributed by atoms with Crippen molar-refractivity contribution in [3.63, 3.8) is 0 Å². The molecule has 1 amide bonds. The Morgan fingerprint density at radius 2 is 2.20 bits per heavy atom. The number of carbonyl (C=O) groups excluding carboxylic acids is 1. The molecule has 0 bridgehead atoms. The molecular weight excluding hydrogens is 265 g/mol. The molecule has 2 N–H and O–H groups in total. The molecule has 7 heteroatoms. The number of hydrogen-bond donors (Lipinski definition) is 2. The first-order chi connectivity index (χ1) is 9.47. The number of aromatic nitrogens is 2. The lowest BCUT2D eigenvalue weighted by Crippen LogP contribution is -2.18. The van der Waals surface area contributed by atoms with Crippen molar-refractivity contribution in [1.29, 1.82) is 0 Å². The van der Waals surface area contributed by atoms with E-state index in [2.05, 4.69) is 10.3 Å².